The molecular formula is C15H23Cl2N5O. The summed E-state index contributed by atoms with van der Waals surface area (Å²) >= 11 is 0. The fourth-order valence-electron chi connectivity index (χ4n) is 1.91. The number of nitrogens with zero attached hydrogens (tertiary/aromatic N) is 3. The van der Waals surface area contributed by atoms with Crippen LogP contribution in [-0.4, -0.2) is 26.7 Å². The van der Waals surface area contributed by atoms with Crippen molar-refractivity contribution in [3.8, 4) is 0 Å². The van der Waals surface area contributed by atoms with Crippen LogP contribution in [0.1, 0.15) is 30.9 Å². The second-order valence-corrected chi connectivity index (χ2v) is 5.20. The van der Waals surface area contributed by atoms with Gasteiger partial charge in [-0.05, 0) is 24.5 Å². The number of amides is 1. The van der Waals surface area contributed by atoms with E-state index >= 15 is 0 Å². The Hall–Kier alpha value is -1.63. The molecule has 0 saturated carbocycles. The van der Waals surface area contributed by atoms with Crippen molar-refractivity contribution in [1.82, 2.24) is 20.1 Å². The largest absolute Gasteiger partial charge is 0.352 e. The lowest BCUT2D eigenvalue weighted by Gasteiger charge is -2.08. The van der Waals surface area contributed by atoms with Crippen LogP contribution in [0.5, 0.6) is 0 Å². The number of benzene rings is 1. The van der Waals surface area contributed by atoms with E-state index in [1.165, 1.54) is 6.33 Å². The smallest absolute Gasteiger partial charge is 0.220 e. The van der Waals surface area contributed by atoms with Crippen molar-refractivity contribution in [2.45, 2.75) is 38.9 Å². The van der Waals surface area contributed by atoms with Gasteiger partial charge >= 0.3 is 0 Å². The highest BCUT2D eigenvalue weighted by molar-refractivity contribution is 5.85. The van der Waals surface area contributed by atoms with Crippen LogP contribution in [0.4, 0.5) is 0 Å². The van der Waals surface area contributed by atoms with Gasteiger partial charge in [-0.15, -0.1) is 24.8 Å². The normalized spacial score (nSPS) is 11.0. The van der Waals surface area contributed by atoms with E-state index in [-0.39, 0.29) is 36.8 Å². The highest BCUT2D eigenvalue weighted by atomic mass is 35.5. The molecule has 1 heterocycles. The van der Waals surface area contributed by atoms with E-state index in [1.807, 2.05) is 31.2 Å². The van der Waals surface area contributed by atoms with Gasteiger partial charge in [0.05, 0.1) is 6.54 Å². The Labute approximate surface area is 148 Å². The molecule has 1 aromatic heterocycles. The number of hydrogen-bond donors (Lipinski definition) is 2. The summed E-state index contributed by atoms with van der Waals surface area (Å²) in [6.45, 7) is 3.14. The summed E-state index contributed by atoms with van der Waals surface area (Å²) in [7, 11) is 0. The van der Waals surface area contributed by atoms with Gasteiger partial charge in [0.1, 0.15) is 12.7 Å². The fraction of sp³-hybridized carbons (Fsp3) is 0.400. The molecule has 0 spiro atoms. The Balaban J connectivity index is 0.00000242. The molecule has 3 N–H and O–H groups in total. The molecule has 0 radical (unpaired) electrons. The van der Waals surface area contributed by atoms with Gasteiger partial charge in [0.2, 0.25) is 5.91 Å². The number of nitrogens with two attached hydrogens (primary N) is 1. The van der Waals surface area contributed by atoms with Crippen LogP contribution in [0.15, 0.2) is 36.9 Å². The topological polar surface area (TPSA) is 85.8 Å². The Kier molecular flexibility index (Phi) is 10.2. The van der Waals surface area contributed by atoms with E-state index in [0.717, 1.165) is 11.1 Å². The molecule has 8 heteroatoms. The van der Waals surface area contributed by atoms with Gasteiger partial charge in [-0.2, -0.15) is 5.10 Å². The number of carbonyl (C=O) groups is 1. The van der Waals surface area contributed by atoms with Gasteiger partial charge in [-0.1, -0.05) is 24.3 Å². The van der Waals surface area contributed by atoms with Crippen molar-refractivity contribution in [2.24, 2.45) is 5.73 Å². The van der Waals surface area contributed by atoms with Crippen LogP contribution < -0.4 is 11.1 Å². The van der Waals surface area contributed by atoms with Crippen molar-refractivity contribution in [2.75, 3.05) is 0 Å². The number of rotatable bonds is 7. The maximum absolute atomic E-state index is 11.6. The number of nitrogens with one attached hydrogen (secondary N) is 1. The van der Waals surface area contributed by atoms with Crippen LogP contribution in [-0.2, 0) is 17.9 Å². The molecule has 6 nitrogen and oxygen atoms in total. The molecule has 2 aromatic rings. The minimum Gasteiger partial charge on any atom is -0.352 e. The maximum Gasteiger partial charge on any atom is 0.220 e. The van der Waals surface area contributed by atoms with Crippen LogP contribution in [0, 0.1) is 0 Å². The summed E-state index contributed by atoms with van der Waals surface area (Å²) in [4.78, 5) is 15.5. The number of carbonyl (C=O) groups excluding carboxylic acids is 1. The lowest BCUT2D eigenvalue weighted by molar-refractivity contribution is -0.121. The van der Waals surface area contributed by atoms with Gasteiger partial charge in [0.15, 0.2) is 0 Å². The molecule has 0 aliphatic rings. The first-order chi connectivity index (χ1) is 10.1. The van der Waals surface area contributed by atoms with Crippen LogP contribution in [0.2, 0.25) is 0 Å². The Morgan fingerprint density at radius 1 is 1.26 bits per heavy atom. The summed E-state index contributed by atoms with van der Waals surface area (Å²) in [5.41, 5.74) is 7.85. The summed E-state index contributed by atoms with van der Waals surface area (Å²) in [5.74, 6) is 0.0407. The summed E-state index contributed by atoms with van der Waals surface area (Å²) < 4.78 is 1.77. The third-order valence-corrected chi connectivity index (χ3v) is 3.15. The zero-order valence-electron chi connectivity index (χ0n) is 13.0. The molecule has 128 valence electrons. The van der Waals surface area contributed by atoms with Gasteiger partial charge in [0, 0.05) is 19.0 Å². The van der Waals surface area contributed by atoms with Gasteiger partial charge in [-0.25, -0.2) is 9.67 Å². The molecular weight excluding hydrogens is 337 g/mol. The Bertz CT molecular complexity index is 558. The van der Waals surface area contributed by atoms with E-state index in [2.05, 4.69) is 15.4 Å². The van der Waals surface area contributed by atoms with Gasteiger partial charge in [0.25, 0.3) is 0 Å². The van der Waals surface area contributed by atoms with Crippen molar-refractivity contribution >= 4 is 30.7 Å². The van der Waals surface area contributed by atoms with E-state index in [9.17, 15) is 4.79 Å². The summed E-state index contributed by atoms with van der Waals surface area (Å²) in [5, 5.41) is 6.96. The first kappa shape index (κ1) is 21.4. The van der Waals surface area contributed by atoms with Crippen molar-refractivity contribution in [1.29, 1.82) is 0 Å². The molecule has 1 atom stereocenters. The maximum atomic E-state index is 11.6. The first-order valence-electron chi connectivity index (χ1n) is 7.06. The number of halogens is 2. The second kappa shape index (κ2) is 11.0. The van der Waals surface area contributed by atoms with Crippen molar-refractivity contribution < 1.29 is 4.79 Å². The molecule has 0 fully saturated rings. The molecule has 23 heavy (non-hydrogen) atoms. The van der Waals surface area contributed by atoms with Crippen LogP contribution in [0.25, 0.3) is 0 Å². The first-order valence-corrected chi connectivity index (χ1v) is 7.06. The zero-order valence-corrected chi connectivity index (χ0v) is 14.6. The Morgan fingerprint density at radius 2 is 1.91 bits per heavy atom. The lowest BCUT2D eigenvalue weighted by Crippen LogP contribution is -2.25. The minimum atomic E-state index is 0. The van der Waals surface area contributed by atoms with Crippen molar-refractivity contribution in [3.05, 3.63) is 48.0 Å². The fourth-order valence-corrected chi connectivity index (χ4v) is 1.91. The summed E-state index contributed by atoms with van der Waals surface area (Å²) in [6.07, 6.45) is 4.39. The monoisotopic (exact) mass is 359 g/mol. The van der Waals surface area contributed by atoms with E-state index < -0.39 is 0 Å². The van der Waals surface area contributed by atoms with E-state index in [1.54, 1.807) is 11.0 Å². The molecule has 0 bridgehead atoms. The standard InChI is InChI=1S/C15H21N5O.2ClH/c1-12(16)2-7-15(21)18-8-13-3-5-14(6-4-13)9-20-11-17-10-19-20;;/h3-6,10-12H,2,7-9,16H2,1H3,(H,18,21);2*1H. The van der Waals surface area contributed by atoms with Crippen LogP contribution >= 0.6 is 24.8 Å². The Morgan fingerprint density at radius 3 is 2.48 bits per heavy atom. The molecule has 0 saturated heterocycles. The predicted molar refractivity (Wildman–Crippen MR) is 94.8 cm³/mol. The lowest BCUT2D eigenvalue weighted by atomic mass is 10.1. The average Bonchev–Trinajstić information content (AvgIpc) is 2.97. The third kappa shape index (κ3) is 7.97. The molecule has 0 aliphatic carbocycles. The molecule has 2 rings (SSSR count). The molecule has 0 aliphatic heterocycles. The predicted octanol–water partition coefficient (Wildman–Crippen LogP) is 1.91. The van der Waals surface area contributed by atoms with E-state index in [4.69, 9.17) is 5.73 Å². The molecule has 1 unspecified atom stereocenters. The highest BCUT2D eigenvalue weighted by Crippen LogP contribution is 2.06. The molecule has 1 amide bonds. The van der Waals surface area contributed by atoms with Gasteiger partial charge in [-0.3, -0.25) is 4.79 Å². The number of hydrogen-bond acceptors (Lipinski definition) is 4. The summed E-state index contributed by atoms with van der Waals surface area (Å²) in [6, 6.07) is 8.15. The van der Waals surface area contributed by atoms with Crippen molar-refractivity contribution in [3.63, 3.8) is 0 Å². The highest BCUT2D eigenvalue weighted by Gasteiger charge is 2.03. The average molecular weight is 360 g/mol. The van der Waals surface area contributed by atoms with Gasteiger partial charge < -0.3 is 11.1 Å². The zero-order chi connectivity index (χ0) is 15.1. The second-order valence-electron chi connectivity index (χ2n) is 5.20. The van der Waals surface area contributed by atoms with E-state index in [0.29, 0.717) is 25.9 Å². The molecule has 1 aromatic carbocycles. The van der Waals surface area contributed by atoms with Crippen LogP contribution in [0.3, 0.4) is 0 Å². The SMILES string of the molecule is CC(N)CCC(=O)NCc1ccc(Cn2cncn2)cc1.Cl.Cl. The quantitative estimate of drug-likeness (QED) is 0.790. The third-order valence-electron chi connectivity index (χ3n) is 3.15. The number of aromatic nitrogens is 3. The minimum absolute atomic E-state index is 0.